The zero-order chi connectivity index (χ0) is 14.0. The summed E-state index contributed by atoms with van der Waals surface area (Å²) in [6.45, 7) is 1.63. The molecule has 0 unspecified atom stereocenters. The molecule has 2 aromatic rings. The molecule has 1 aromatic heterocycles. The summed E-state index contributed by atoms with van der Waals surface area (Å²) in [7, 11) is 0. The van der Waals surface area contributed by atoms with Crippen molar-refractivity contribution < 1.29 is 19.1 Å². The van der Waals surface area contributed by atoms with Gasteiger partial charge in [-0.3, -0.25) is 9.89 Å². The van der Waals surface area contributed by atoms with E-state index in [1.807, 2.05) is 0 Å². The van der Waals surface area contributed by atoms with Crippen LogP contribution in [0.25, 0.3) is 0 Å². The van der Waals surface area contributed by atoms with Crippen molar-refractivity contribution in [3.05, 3.63) is 47.0 Å². The summed E-state index contributed by atoms with van der Waals surface area (Å²) in [6, 6.07) is 3.55. The molecular weight excluding hydrogens is 253 g/mol. The van der Waals surface area contributed by atoms with Crippen molar-refractivity contribution in [3.8, 4) is 0 Å². The number of H-pyrrole nitrogens is 1. The fourth-order valence-corrected chi connectivity index (χ4v) is 1.59. The molecular formula is C12H10FN3O3. The van der Waals surface area contributed by atoms with E-state index in [0.717, 1.165) is 6.07 Å². The predicted octanol–water partition coefficient (Wildman–Crippen LogP) is 1.81. The van der Waals surface area contributed by atoms with Crippen molar-refractivity contribution >= 4 is 17.6 Å². The van der Waals surface area contributed by atoms with Crippen LogP contribution < -0.4 is 5.32 Å². The Morgan fingerprint density at radius 1 is 1.37 bits per heavy atom. The van der Waals surface area contributed by atoms with E-state index in [1.165, 1.54) is 18.3 Å². The van der Waals surface area contributed by atoms with Crippen LogP contribution in [-0.2, 0) is 0 Å². The van der Waals surface area contributed by atoms with E-state index in [9.17, 15) is 14.0 Å². The number of carbonyl (C=O) groups excluding carboxylic acids is 1. The van der Waals surface area contributed by atoms with Gasteiger partial charge in [-0.1, -0.05) is 6.07 Å². The van der Waals surface area contributed by atoms with E-state index < -0.39 is 17.7 Å². The number of nitrogens with one attached hydrogen (secondary N) is 2. The second-order valence-electron chi connectivity index (χ2n) is 3.83. The van der Waals surface area contributed by atoms with Crippen molar-refractivity contribution in [2.75, 3.05) is 5.32 Å². The Morgan fingerprint density at radius 2 is 2.11 bits per heavy atom. The molecule has 0 spiro atoms. The minimum atomic E-state index is -1.32. The smallest absolute Gasteiger partial charge is 0.337 e. The molecule has 19 heavy (non-hydrogen) atoms. The molecule has 0 saturated heterocycles. The molecule has 0 bridgehead atoms. The lowest BCUT2D eigenvalue weighted by Crippen LogP contribution is -2.16. The maximum absolute atomic E-state index is 13.6. The van der Waals surface area contributed by atoms with Crippen molar-refractivity contribution in [1.82, 2.24) is 10.2 Å². The van der Waals surface area contributed by atoms with Gasteiger partial charge in [-0.05, 0) is 19.1 Å². The number of halogens is 1. The van der Waals surface area contributed by atoms with Gasteiger partial charge in [0.05, 0.1) is 23.0 Å². The Balaban J connectivity index is 2.36. The summed E-state index contributed by atoms with van der Waals surface area (Å²) >= 11 is 0. The number of para-hydroxylation sites is 1. The van der Waals surface area contributed by atoms with Gasteiger partial charge in [-0.15, -0.1) is 0 Å². The molecule has 6 nitrogen and oxygen atoms in total. The largest absolute Gasteiger partial charge is 0.478 e. The molecule has 0 radical (unpaired) electrons. The maximum Gasteiger partial charge on any atom is 0.337 e. The van der Waals surface area contributed by atoms with E-state index in [2.05, 4.69) is 15.5 Å². The Morgan fingerprint density at radius 3 is 2.68 bits per heavy atom. The van der Waals surface area contributed by atoms with Crippen LogP contribution in [0.2, 0.25) is 0 Å². The molecule has 1 aromatic carbocycles. The topological polar surface area (TPSA) is 95.1 Å². The minimum absolute atomic E-state index is 0.222. The van der Waals surface area contributed by atoms with Gasteiger partial charge in [0.15, 0.2) is 0 Å². The second kappa shape index (κ2) is 4.89. The highest BCUT2D eigenvalue weighted by Gasteiger charge is 2.18. The molecule has 0 aliphatic heterocycles. The number of amides is 1. The molecule has 98 valence electrons. The Labute approximate surface area is 107 Å². The molecule has 0 fully saturated rings. The first-order chi connectivity index (χ1) is 9.00. The SMILES string of the molecule is Cc1[nH]ncc1C(=O)Nc1c(F)cccc1C(=O)O. The lowest BCUT2D eigenvalue weighted by molar-refractivity contribution is 0.0697. The van der Waals surface area contributed by atoms with E-state index in [0.29, 0.717) is 5.69 Å². The second-order valence-corrected chi connectivity index (χ2v) is 3.83. The summed E-state index contributed by atoms with van der Waals surface area (Å²) in [4.78, 5) is 22.9. The summed E-state index contributed by atoms with van der Waals surface area (Å²) < 4.78 is 13.6. The molecule has 3 N–H and O–H groups in total. The first-order valence-corrected chi connectivity index (χ1v) is 5.34. The van der Waals surface area contributed by atoms with Crippen LogP contribution in [0.3, 0.4) is 0 Å². The number of carboxylic acids is 1. The highest BCUT2D eigenvalue weighted by Crippen LogP contribution is 2.21. The molecule has 1 amide bonds. The predicted molar refractivity (Wildman–Crippen MR) is 64.6 cm³/mol. The van der Waals surface area contributed by atoms with Crippen LogP contribution in [0.4, 0.5) is 10.1 Å². The number of aromatic nitrogens is 2. The molecule has 1 heterocycles. The number of hydrogen-bond acceptors (Lipinski definition) is 3. The van der Waals surface area contributed by atoms with Crippen molar-refractivity contribution in [3.63, 3.8) is 0 Å². The molecule has 0 aliphatic carbocycles. The fourth-order valence-electron chi connectivity index (χ4n) is 1.59. The van der Waals surface area contributed by atoms with Crippen molar-refractivity contribution in [1.29, 1.82) is 0 Å². The number of carbonyl (C=O) groups is 2. The normalized spacial score (nSPS) is 10.2. The monoisotopic (exact) mass is 263 g/mol. The molecule has 0 atom stereocenters. The minimum Gasteiger partial charge on any atom is -0.478 e. The van der Waals surface area contributed by atoms with Crippen LogP contribution >= 0.6 is 0 Å². The van der Waals surface area contributed by atoms with Gasteiger partial charge in [0, 0.05) is 5.69 Å². The Hall–Kier alpha value is -2.70. The Kier molecular flexibility index (Phi) is 3.28. The van der Waals surface area contributed by atoms with Gasteiger partial charge < -0.3 is 10.4 Å². The summed E-state index contributed by atoms with van der Waals surface area (Å²) in [6.07, 6.45) is 1.28. The highest BCUT2D eigenvalue weighted by molar-refractivity contribution is 6.08. The van der Waals surface area contributed by atoms with E-state index in [-0.39, 0.29) is 16.8 Å². The van der Waals surface area contributed by atoms with Crippen LogP contribution in [0.15, 0.2) is 24.4 Å². The van der Waals surface area contributed by atoms with Crippen LogP contribution in [0.5, 0.6) is 0 Å². The van der Waals surface area contributed by atoms with Gasteiger partial charge in [-0.2, -0.15) is 5.10 Å². The van der Waals surface area contributed by atoms with E-state index >= 15 is 0 Å². The third kappa shape index (κ3) is 2.44. The highest BCUT2D eigenvalue weighted by atomic mass is 19.1. The average Bonchev–Trinajstić information content (AvgIpc) is 2.77. The zero-order valence-corrected chi connectivity index (χ0v) is 9.90. The summed E-state index contributed by atoms with van der Waals surface area (Å²) in [5.41, 5.74) is 0.0559. The summed E-state index contributed by atoms with van der Waals surface area (Å²) in [5, 5.41) is 17.4. The number of carboxylic acid groups (broad SMARTS) is 1. The third-order valence-electron chi connectivity index (χ3n) is 2.56. The van der Waals surface area contributed by atoms with Gasteiger partial charge >= 0.3 is 5.97 Å². The quantitative estimate of drug-likeness (QED) is 0.787. The van der Waals surface area contributed by atoms with Crippen LogP contribution in [0, 0.1) is 12.7 Å². The first-order valence-electron chi connectivity index (χ1n) is 5.34. The van der Waals surface area contributed by atoms with Crippen molar-refractivity contribution in [2.24, 2.45) is 0 Å². The zero-order valence-electron chi connectivity index (χ0n) is 9.90. The summed E-state index contributed by atoms with van der Waals surface area (Å²) in [5.74, 6) is -2.76. The molecule has 7 heteroatoms. The van der Waals surface area contributed by atoms with Gasteiger partial charge in [-0.25, -0.2) is 9.18 Å². The van der Waals surface area contributed by atoms with Crippen LogP contribution in [-0.4, -0.2) is 27.2 Å². The number of aromatic carboxylic acids is 1. The number of hydrogen-bond donors (Lipinski definition) is 3. The lowest BCUT2D eigenvalue weighted by atomic mass is 10.1. The fraction of sp³-hybridized carbons (Fsp3) is 0.0833. The molecule has 2 rings (SSSR count). The van der Waals surface area contributed by atoms with E-state index in [4.69, 9.17) is 5.11 Å². The van der Waals surface area contributed by atoms with Gasteiger partial charge in [0.25, 0.3) is 5.91 Å². The third-order valence-corrected chi connectivity index (χ3v) is 2.56. The number of aromatic amines is 1. The average molecular weight is 263 g/mol. The van der Waals surface area contributed by atoms with Gasteiger partial charge in [0.1, 0.15) is 5.82 Å². The van der Waals surface area contributed by atoms with Crippen LogP contribution in [0.1, 0.15) is 26.4 Å². The lowest BCUT2D eigenvalue weighted by Gasteiger charge is -2.08. The number of nitrogens with zero attached hydrogens (tertiary/aromatic N) is 1. The standard InChI is InChI=1S/C12H10FN3O3/c1-6-8(5-14-16-6)11(17)15-10-7(12(18)19)3-2-4-9(10)13/h2-5H,1H3,(H,14,16)(H,15,17)(H,18,19). The number of aryl methyl sites for hydroxylation is 1. The van der Waals surface area contributed by atoms with Crippen molar-refractivity contribution in [2.45, 2.75) is 6.92 Å². The van der Waals surface area contributed by atoms with E-state index in [1.54, 1.807) is 6.92 Å². The molecule has 0 saturated carbocycles. The first kappa shape index (κ1) is 12.7. The number of benzene rings is 1. The number of rotatable bonds is 3. The Bertz CT molecular complexity index is 651. The molecule has 0 aliphatic rings. The van der Waals surface area contributed by atoms with Gasteiger partial charge in [0.2, 0.25) is 0 Å². The number of anilines is 1. The maximum atomic E-state index is 13.6.